The molecule has 0 aromatic rings. The molecule has 1 fully saturated rings. The summed E-state index contributed by atoms with van der Waals surface area (Å²) in [7, 11) is 0. The van der Waals surface area contributed by atoms with Gasteiger partial charge in [-0.2, -0.15) is 0 Å². The summed E-state index contributed by atoms with van der Waals surface area (Å²) in [6, 6.07) is 0.187. The molecule has 0 spiro atoms. The van der Waals surface area contributed by atoms with Crippen molar-refractivity contribution in [3.05, 3.63) is 0 Å². The van der Waals surface area contributed by atoms with Crippen molar-refractivity contribution in [2.75, 3.05) is 0 Å². The topological polar surface area (TPSA) is 23.8 Å². The Kier molecular flexibility index (Phi) is 1.33. The van der Waals surface area contributed by atoms with E-state index in [4.69, 9.17) is 5.73 Å². The number of nitrogens with one attached hydrogen (secondary N) is 1. The zero-order valence-corrected chi connectivity index (χ0v) is 4.78. The molecule has 1 aliphatic rings. The highest BCUT2D eigenvalue weighted by Gasteiger charge is 2.21. The molecule has 1 radical (unpaired) electrons. The third-order valence-electron chi connectivity index (χ3n) is 1.38. The van der Waals surface area contributed by atoms with E-state index in [1.165, 1.54) is 12.8 Å². The summed E-state index contributed by atoms with van der Waals surface area (Å²) in [4.78, 5) is 0. The maximum absolute atomic E-state index is 7.15. The average Bonchev–Trinajstić information content (AvgIpc) is 2.17. The molecular formula is C6H12N. The van der Waals surface area contributed by atoms with Gasteiger partial charge >= 0.3 is 0 Å². The Hall–Kier alpha value is -0.0400. The molecule has 41 valence electrons. The van der Waals surface area contributed by atoms with Gasteiger partial charge in [0.2, 0.25) is 0 Å². The minimum atomic E-state index is 0.187. The van der Waals surface area contributed by atoms with Crippen molar-refractivity contribution in [1.82, 2.24) is 5.73 Å². The molecule has 1 nitrogen and oxygen atoms in total. The van der Waals surface area contributed by atoms with E-state index < -0.39 is 0 Å². The van der Waals surface area contributed by atoms with Gasteiger partial charge in [0.15, 0.2) is 0 Å². The van der Waals surface area contributed by atoms with E-state index in [2.05, 4.69) is 0 Å². The van der Waals surface area contributed by atoms with Crippen LogP contribution in [-0.2, 0) is 0 Å². The zero-order valence-electron chi connectivity index (χ0n) is 4.78. The van der Waals surface area contributed by atoms with E-state index in [9.17, 15) is 0 Å². The van der Waals surface area contributed by atoms with Crippen LogP contribution in [0.25, 0.3) is 0 Å². The van der Waals surface area contributed by atoms with Crippen molar-refractivity contribution in [3.63, 3.8) is 0 Å². The van der Waals surface area contributed by atoms with Crippen LogP contribution in [0.2, 0.25) is 0 Å². The fourth-order valence-electron chi connectivity index (χ4n) is 0.854. The van der Waals surface area contributed by atoms with E-state index in [0.717, 1.165) is 12.3 Å². The minimum absolute atomic E-state index is 0.187. The van der Waals surface area contributed by atoms with E-state index >= 15 is 0 Å². The van der Waals surface area contributed by atoms with Crippen LogP contribution < -0.4 is 5.73 Å². The fourth-order valence-corrected chi connectivity index (χ4v) is 0.854. The molecule has 1 rings (SSSR count). The molecule has 1 saturated carbocycles. The van der Waals surface area contributed by atoms with E-state index in [1.807, 2.05) is 6.92 Å². The first-order chi connectivity index (χ1) is 3.29. The third-order valence-corrected chi connectivity index (χ3v) is 1.38. The van der Waals surface area contributed by atoms with Crippen molar-refractivity contribution < 1.29 is 0 Å². The summed E-state index contributed by atoms with van der Waals surface area (Å²) in [5, 5.41) is 0. The van der Waals surface area contributed by atoms with Crippen LogP contribution in [0.1, 0.15) is 26.2 Å². The molecule has 0 saturated heterocycles. The molecule has 0 aromatic carbocycles. The standard InChI is InChI=1S/C6H12N/c1-5(7)4-6-2-3-6/h5-7H,2-4H2,1H3/t5-/m0/s1. The highest BCUT2D eigenvalue weighted by atomic mass is 14.6. The van der Waals surface area contributed by atoms with E-state index in [1.54, 1.807) is 0 Å². The summed E-state index contributed by atoms with van der Waals surface area (Å²) in [5.41, 5.74) is 7.15. The van der Waals surface area contributed by atoms with Gasteiger partial charge in [-0.15, -0.1) is 0 Å². The highest BCUT2D eigenvalue weighted by molar-refractivity contribution is 4.75. The molecule has 1 heteroatoms. The minimum Gasteiger partial charge on any atom is -0.255 e. The van der Waals surface area contributed by atoms with Crippen LogP contribution in [0.4, 0.5) is 0 Å². The lowest BCUT2D eigenvalue weighted by Gasteiger charge is -1.97. The first-order valence-electron chi connectivity index (χ1n) is 3.00. The van der Waals surface area contributed by atoms with Gasteiger partial charge in [0.25, 0.3) is 0 Å². The first kappa shape index (κ1) is 5.10. The van der Waals surface area contributed by atoms with Crippen LogP contribution in [0.3, 0.4) is 0 Å². The number of rotatable bonds is 2. The van der Waals surface area contributed by atoms with E-state index in [0.29, 0.717) is 0 Å². The van der Waals surface area contributed by atoms with Gasteiger partial charge in [-0.3, -0.25) is 5.73 Å². The molecule has 0 aromatic heterocycles. The SMILES string of the molecule is C[C@H]([NH])CC1CC1. The quantitative estimate of drug-likeness (QED) is 0.499. The molecule has 7 heavy (non-hydrogen) atoms. The summed E-state index contributed by atoms with van der Waals surface area (Å²) in [6.45, 7) is 1.97. The van der Waals surface area contributed by atoms with Gasteiger partial charge in [-0.1, -0.05) is 12.8 Å². The second-order valence-electron chi connectivity index (χ2n) is 2.58. The first-order valence-corrected chi connectivity index (χ1v) is 3.00. The monoisotopic (exact) mass is 98.1 g/mol. The van der Waals surface area contributed by atoms with Gasteiger partial charge in [0.05, 0.1) is 0 Å². The molecule has 0 amide bonds. The Morgan fingerprint density at radius 3 is 2.43 bits per heavy atom. The van der Waals surface area contributed by atoms with Crippen LogP contribution in [-0.4, -0.2) is 6.04 Å². The Balaban J connectivity index is 1.97. The van der Waals surface area contributed by atoms with E-state index in [-0.39, 0.29) is 6.04 Å². The fraction of sp³-hybridized carbons (Fsp3) is 1.00. The van der Waals surface area contributed by atoms with Gasteiger partial charge in [-0.05, 0) is 19.3 Å². The summed E-state index contributed by atoms with van der Waals surface area (Å²) < 4.78 is 0. The van der Waals surface area contributed by atoms with Gasteiger partial charge in [0, 0.05) is 6.04 Å². The maximum Gasteiger partial charge on any atom is 0.0187 e. The van der Waals surface area contributed by atoms with Crippen molar-refractivity contribution in [3.8, 4) is 0 Å². The third kappa shape index (κ3) is 1.93. The predicted molar refractivity (Wildman–Crippen MR) is 29.9 cm³/mol. The van der Waals surface area contributed by atoms with Gasteiger partial charge < -0.3 is 0 Å². The molecular weight excluding hydrogens is 86.1 g/mol. The largest absolute Gasteiger partial charge is 0.255 e. The smallest absolute Gasteiger partial charge is 0.0187 e. The Morgan fingerprint density at radius 2 is 2.29 bits per heavy atom. The van der Waals surface area contributed by atoms with Crippen LogP contribution in [0, 0.1) is 5.92 Å². The molecule has 0 unspecified atom stereocenters. The lowest BCUT2D eigenvalue weighted by molar-refractivity contribution is 0.596. The van der Waals surface area contributed by atoms with Gasteiger partial charge in [-0.25, -0.2) is 0 Å². The summed E-state index contributed by atoms with van der Waals surface area (Å²) in [5.74, 6) is 0.937. The van der Waals surface area contributed by atoms with Crippen molar-refractivity contribution in [2.24, 2.45) is 5.92 Å². The second-order valence-corrected chi connectivity index (χ2v) is 2.58. The lowest BCUT2D eigenvalue weighted by atomic mass is 10.2. The Bertz CT molecular complexity index is 55.2. The van der Waals surface area contributed by atoms with Crippen LogP contribution in [0.5, 0.6) is 0 Å². The van der Waals surface area contributed by atoms with Gasteiger partial charge in [0.1, 0.15) is 0 Å². The number of hydrogen-bond donors (Lipinski definition) is 0. The highest BCUT2D eigenvalue weighted by Crippen LogP contribution is 2.33. The van der Waals surface area contributed by atoms with Crippen molar-refractivity contribution in [1.29, 1.82) is 0 Å². The molecule has 0 heterocycles. The lowest BCUT2D eigenvalue weighted by Crippen LogP contribution is -2.01. The molecule has 1 aliphatic carbocycles. The maximum atomic E-state index is 7.15. The molecule has 1 atom stereocenters. The molecule has 0 bridgehead atoms. The second kappa shape index (κ2) is 1.83. The molecule has 0 aliphatic heterocycles. The van der Waals surface area contributed by atoms with Crippen molar-refractivity contribution >= 4 is 0 Å². The normalized spacial score (nSPS) is 24.9. The Labute approximate surface area is 44.9 Å². The predicted octanol–water partition coefficient (Wildman–Crippen LogP) is 1.46. The summed E-state index contributed by atoms with van der Waals surface area (Å²) in [6.07, 6.45) is 3.92. The molecule has 1 N–H and O–H groups in total. The van der Waals surface area contributed by atoms with Crippen LogP contribution in [0.15, 0.2) is 0 Å². The Morgan fingerprint density at radius 1 is 1.71 bits per heavy atom. The van der Waals surface area contributed by atoms with Crippen molar-refractivity contribution in [2.45, 2.75) is 32.2 Å². The van der Waals surface area contributed by atoms with Crippen LogP contribution >= 0.6 is 0 Å². The average molecular weight is 98.2 g/mol. The zero-order chi connectivity index (χ0) is 5.28. The number of hydrogen-bond acceptors (Lipinski definition) is 0. The summed E-state index contributed by atoms with van der Waals surface area (Å²) >= 11 is 0.